The maximum atomic E-state index is 5.56. The molecule has 1 atom stereocenters. The van der Waals surface area contributed by atoms with Crippen molar-refractivity contribution in [1.82, 2.24) is 4.90 Å². The van der Waals surface area contributed by atoms with Gasteiger partial charge in [0.2, 0.25) is 0 Å². The Hall–Kier alpha value is -0.160. The molecular formula is C10H22N2O2. The number of hydrogen-bond donors (Lipinski definition) is 1. The fourth-order valence-electron chi connectivity index (χ4n) is 1.68. The van der Waals surface area contributed by atoms with Crippen LogP contribution >= 0.6 is 0 Å². The highest BCUT2D eigenvalue weighted by molar-refractivity contribution is 4.65. The predicted octanol–water partition coefficient (Wildman–Crippen LogP) is 0.0725. The standard InChI is InChI=1S/C10H22N2O2/c1-13-10(9-11)3-5-12-4-2-7-14-8-6-12/h10H,2-9,11H2,1H3. The van der Waals surface area contributed by atoms with Crippen molar-refractivity contribution in [2.45, 2.75) is 18.9 Å². The van der Waals surface area contributed by atoms with Crippen LogP contribution in [0, 0.1) is 0 Å². The molecule has 14 heavy (non-hydrogen) atoms. The normalized spacial score (nSPS) is 21.9. The highest BCUT2D eigenvalue weighted by Gasteiger charge is 2.11. The SMILES string of the molecule is COC(CN)CCN1CCCOCC1. The third kappa shape index (κ3) is 4.37. The van der Waals surface area contributed by atoms with Gasteiger partial charge in [-0.05, 0) is 12.8 Å². The minimum Gasteiger partial charge on any atom is -0.380 e. The number of rotatable bonds is 5. The van der Waals surface area contributed by atoms with E-state index in [1.165, 1.54) is 0 Å². The lowest BCUT2D eigenvalue weighted by Crippen LogP contribution is -2.32. The molecule has 0 aromatic rings. The van der Waals surface area contributed by atoms with E-state index in [0.29, 0.717) is 6.54 Å². The summed E-state index contributed by atoms with van der Waals surface area (Å²) >= 11 is 0. The van der Waals surface area contributed by atoms with Gasteiger partial charge in [-0.3, -0.25) is 0 Å². The summed E-state index contributed by atoms with van der Waals surface area (Å²) in [6, 6.07) is 0. The lowest BCUT2D eigenvalue weighted by atomic mass is 10.2. The molecule has 0 saturated carbocycles. The summed E-state index contributed by atoms with van der Waals surface area (Å²) < 4.78 is 10.6. The van der Waals surface area contributed by atoms with Gasteiger partial charge in [0.15, 0.2) is 0 Å². The maximum absolute atomic E-state index is 5.56. The zero-order chi connectivity index (χ0) is 10.2. The van der Waals surface area contributed by atoms with E-state index < -0.39 is 0 Å². The van der Waals surface area contributed by atoms with Crippen molar-refractivity contribution in [2.75, 3.05) is 46.5 Å². The molecule has 1 unspecified atom stereocenters. The van der Waals surface area contributed by atoms with Crippen molar-refractivity contribution in [2.24, 2.45) is 5.73 Å². The first kappa shape index (κ1) is 11.9. The molecule has 1 saturated heterocycles. The van der Waals surface area contributed by atoms with Crippen molar-refractivity contribution in [3.05, 3.63) is 0 Å². The number of ether oxygens (including phenoxy) is 2. The summed E-state index contributed by atoms with van der Waals surface area (Å²) in [5, 5.41) is 0. The van der Waals surface area contributed by atoms with Crippen molar-refractivity contribution < 1.29 is 9.47 Å². The number of nitrogens with two attached hydrogens (primary N) is 1. The molecule has 84 valence electrons. The van der Waals surface area contributed by atoms with E-state index in [-0.39, 0.29) is 6.10 Å². The fourth-order valence-corrected chi connectivity index (χ4v) is 1.68. The summed E-state index contributed by atoms with van der Waals surface area (Å²) in [5.74, 6) is 0. The summed E-state index contributed by atoms with van der Waals surface area (Å²) in [7, 11) is 1.73. The molecule has 0 amide bonds. The van der Waals surface area contributed by atoms with Gasteiger partial charge >= 0.3 is 0 Å². The third-order valence-electron chi connectivity index (χ3n) is 2.68. The molecular weight excluding hydrogens is 180 g/mol. The van der Waals surface area contributed by atoms with E-state index in [1.807, 2.05) is 0 Å². The van der Waals surface area contributed by atoms with E-state index >= 15 is 0 Å². The summed E-state index contributed by atoms with van der Waals surface area (Å²) in [5.41, 5.74) is 5.56. The van der Waals surface area contributed by atoms with Crippen LogP contribution in [-0.2, 0) is 9.47 Å². The van der Waals surface area contributed by atoms with E-state index in [1.54, 1.807) is 7.11 Å². The molecule has 0 aromatic carbocycles. The van der Waals surface area contributed by atoms with Gasteiger partial charge < -0.3 is 20.1 Å². The van der Waals surface area contributed by atoms with E-state index in [9.17, 15) is 0 Å². The van der Waals surface area contributed by atoms with Gasteiger partial charge in [0.1, 0.15) is 0 Å². The first-order chi connectivity index (χ1) is 6.86. The Morgan fingerprint density at radius 1 is 1.43 bits per heavy atom. The second kappa shape index (κ2) is 7.17. The van der Waals surface area contributed by atoms with Crippen LogP contribution in [0.15, 0.2) is 0 Å². The smallest absolute Gasteiger partial charge is 0.0705 e. The first-order valence-electron chi connectivity index (χ1n) is 5.39. The van der Waals surface area contributed by atoms with Crippen molar-refractivity contribution >= 4 is 0 Å². The maximum Gasteiger partial charge on any atom is 0.0705 e. The van der Waals surface area contributed by atoms with Crippen LogP contribution in [0.1, 0.15) is 12.8 Å². The molecule has 1 heterocycles. The molecule has 2 N–H and O–H groups in total. The molecule has 0 spiro atoms. The summed E-state index contributed by atoms with van der Waals surface area (Å²) in [4.78, 5) is 2.43. The van der Waals surface area contributed by atoms with Gasteiger partial charge in [0, 0.05) is 39.9 Å². The lowest BCUT2D eigenvalue weighted by molar-refractivity contribution is 0.0876. The Morgan fingerprint density at radius 2 is 2.29 bits per heavy atom. The Bertz CT molecular complexity index is 132. The van der Waals surface area contributed by atoms with Gasteiger partial charge in [0.05, 0.1) is 12.7 Å². The molecule has 1 aliphatic rings. The van der Waals surface area contributed by atoms with E-state index in [4.69, 9.17) is 15.2 Å². The minimum absolute atomic E-state index is 0.208. The van der Waals surface area contributed by atoms with Crippen molar-refractivity contribution in [1.29, 1.82) is 0 Å². The van der Waals surface area contributed by atoms with Crippen LogP contribution in [0.25, 0.3) is 0 Å². The summed E-state index contributed by atoms with van der Waals surface area (Å²) in [6.07, 6.45) is 2.37. The van der Waals surface area contributed by atoms with Crippen LogP contribution in [0.2, 0.25) is 0 Å². The molecule has 1 aliphatic heterocycles. The van der Waals surface area contributed by atoms with E-state index in [2.05, 4.69) is 4.90 Å². The van der Waals surface area contributed by atoms with Crippen LogP contribution in [0.3, 0.4) is 0 Å². The minimum atomic E-state index is 0.208. The molecule has 0 aromatic heterocycles. The summed E-state index contributed by atoms with van der Waals surface area (Å²) in [6.45, 7) is 5.63. The lowest BCUT2D eigenvalue weighted by Gasteiger charge is -2.21. The fraction of sp³-hybridized carbons (Fsp3) is 1.00. The largest absolute Gasteiger partial charge is 0.380 e. The van der Waals surface area contributed by atoms with Crippen LogP contribution in [0.5, 0.6) is 0 Å². The monoisotopic (exact) mass is 202 g/mol. The molecule has 0 radical (unpaired) electrons. The Morgan fingerprint density at radius 3 is 3.00 bits per heavy atom. The Labute approximate surface area is 86.3 Å². The zero-order valence-corrected chi connectivity index (χ0v) is 9.08. The second-order valence-electron chi connectivity index (χ2n) is 3.69. The average molecular weight is 202 g/mol. The average Bonchev–Trinajstić information content (AvgIpc) is 2.48. The third-order valence-corrected chi connectivity index (χ3v) is 2.68. The number of methoxy groups -OCH3 is 1. The first-order valence-corrected chi connectivity index (χ1v) is 5.39. The van der Waals surface area contributed by atoms with Gasteiger partial charge in [-0.1, -0.05) is 0 Å². The molecule has 0 aliphatic carbocycles. The van der Waals surface area contributed by atoms with E-state index in [0.717, 1.165) is 45.7 Å². The molecule has 1 rings (SSSR count). The second-order valence-corrected chi connectivity index (χ2v) is 3.69. The highest BCUT2D eigenvalue weighted by Crippen LogP contribution is 2.03. The molecule has 4 heteroatoms. The van der Waals surface area contributed by atoms with Crippen LogP contribution < -0.4 is 5.73 Å². The molecule has 0 bridgehead atoms. The van der Waals surface area contributed by atoms with Crippen LogP contribution in [-0.4, -0.2) is 57.5 Å². The Balaban J connectivity index is 2.14. The predicted molar refractivity (Wildman–Crippen MR) is 56.3 cm³/mol. The van der Waals surface area contributed by atoms with Crippen LogP contribution in [0.4, 0.5) is 0 Å². The Kier molecular flexibility index (Phi) is 6.10. The zero-order valence-electron chi connectivity index (χ0n) is 9.08. The van der Waals surface area contributed by atoms with Crippen molar-refractivity contribution in [3.8, 4) is 0 Å². The van der Waals surface area contributed by atoms with Gasteiger partial charge in [-0.2, -0.15) is 0 Å². The molecule has 1 fully saturated rings. The number of hydrogen-bond acceptors (Lipinski definition) is 4. The van der Waals surface area contributed by atoms with Gasteiger partial charge in [-0.25, -0.2) is 0 Å². The van der Waals surface area contributed by atoms with Gasteiger partial charge in [0.25, 0.3) is 0 Å². The topological polar surface area (TPSA) is 47.7 Å². The van der Waals surface area contributed by atoms with Crippen molar-refractivity contribution in [3.63, 3.8) is 0 Å². The molecule has 4 nitrogen and oxygen atoms in total. The van der Waals surface area contributed by atoms with Gasteiger partial charge in [-0.15, -0.1) is 0 Å². The highest BCUT2D eigenvalue weighted by atomic mass is 16.5. The number of nitrogens with zero attached hydrogens (tertiary/aromatic N) is 1. The quantitative estimate of drug-likeness (QED) is 0.685.